The first-order chi connectivity index (χ1) is 7.08. The van der Waals surface area contributed by atoms with Crippen LogP contribution >= 0.6 is 11.3 Å². The van der Waals surface area contributed by atoms with Gasteiger partial charge in [0.15, 0.2) is 0 Å². The third-order valence-electron chi connectivity index (χ3n) is 2.35. The minimum atomic E-state index is -0.560. The molecule has 0 saturated heterocycles. The number of hydrogen-bond acceptors (Lipinski definition) is 3. The van der Waals surface area contributed by atoms with Gasteiger partial charge in [-0.05, 0) is 32.0 Å². The van der Waals surface area contributed by atoms with Crippen LogP contribution in [0.1, 0.15) is 27.2 Å². The maximum Gasteiger partial charge on any atom is 0.130 e. The molecule has 3 nitrogen and oxygen atoms in total. The highest BCUT2D eigenvalue weighted by molar-refractivity contribution is 7.12. The molecule has 0 aliphatic heterocycles. The Morgan fingerprint density at radius 3 is 2.60 bits per heavy atom. The van der Waals surface area contributed by atoms with Crippen molar-refractivity contribution in [1.29, 1.82) is 0 Å². The fraction of sp³-hybridized carbons (Fsp3) is 0.364. The summed E-state index contributed by atoms with van der Waals surface area (Å²) in [4.78, 5) is 2.18. The maximum absolute atomic E-state index is 10.1. The van der Waals surface area contributed by atoms with Crippen molar-refractivity contribution in [1.82, 2.24) is 9.78 Å². The number of hydrogen-bond donors (Lipinski definition) is 1. The minimum Gasteiger partial charge on any atom is -0.381 e. The van der Waals surface area contributed by atoms with Crippen molar-refractivity contribution in [2.75, 3.05) is 0 Å². The molecular formula is C11H14N2OS. The zero-order valence-electron chi connectivity index (χ0n) is 9.06. The first-order valence-electron chi connectivity index (χ1n) is 4.83. The van der Waals surface area contributed by atoms with Gasteiger partial charge in [-0.3, -0.25) is 4.68 Å². The molecule has 0 aromatic carbocycles. The van der Waals surface area contributed by atoms with Crippen molar-refractivity contribution in [3.63, 3.8) is 0 Å². The van der Waals surface area contributed by atoms with Gasteiger partial charge in [0, 0.05) is 16.8 Å². The smallest absolute Gasteiger partial charge is 0.130 e. The average molecular weight is 222 g/mol. The Balaban J connectivity index is 2.35. The summed E-state index contributed by atoms with van der Waals surface area (Å²) in [5, 5.41) is 14.4. The van der Waals surface area contributed by atoms with Crippen LogP contribution in [0, 0.1) is 13.8 Å². The normalized spacial score (nSPS) is 13.1. The zero-order valence-corrected chi connectivity index (χ0v) is 9.88. The van der Waals surface area contributed by atoms with E-state index in [-0.39, 0.29) is 0 Å². The predicted octanol–water partition coefficient (Wildman–Crippen LogP) is 2.18. The standard InChI is InChI=1S/C11H14N2OS/c1-7-6-9(13(3)12-7)11(14)10-5-4-8(2)15-10/h4-6,11,14H,1-3H3. The predicted molar refractivity (Wildman–Crippen MR) is 61.1 cm³/mol. The van der Waals surface area contributed by atoms with Gasteiger partial charge >= 0.3 is 0 Å². The van der Waals surface area contributed by atoms with E-state index in [1.807, 2.05) is 39.1 Å². The highest BCUT2D eigenvalue weighted by Gasteiger charge is 2.16. The molecule has 4 heteroatoms. The molecule has 0 saturated carbocycles. The average Bonchev–Trinajstić information content (AvgIpc) is 2.71. The van der Waals surface area contributed by atoms with E-state index in [0.29, 0.717) is 0 Å². The van der Waals surface area contributed by atoms with Crippen LogP contribution in [0.4, 0.5) is 0 Å². The Morgan fingerprint density at radius 1 is 1.40 bits per heavy atom. The first kappa shape index (κ1) is 10.4. The van der Waals surface area contributed by atoms with Crippen LogP contribution in [-0.4, -0.2) is 14.9 Å². The van der Waals surface area contributed by atoms with Crippen LogP contribution in [0.3, 0.4) is 0 Å². The summed E-state index contributed by atoms with van der Waals surface area (Å²) in [7, 11) is 1.85. The number of aliphatic hydroxyl groups is 1. The van der Waals surface area contributed by atoms with Crippen LogP contribution in [0.15, 0.2) is 18.2 Å². The van der Waals surface area contributed by atoms with E-state index < -0.39 is 6.10 Å². The lowest BCUT2D eigenvalue weighted by molar-refractivity contribution is 0.213. The van der Waals surface area contributed by atoms with E-state index >= 15 is 0 Å². The summed E-state index contributed by atoms with van der Waals surface area (Å²) < 4.78 is 1.73. The first-order valence-corrected chi connectivity index (χ1v) is 5.64. The molecule has 0 spiro atoms. The zero-order chi connectivity index (χ0) is 11.0. The highest BCUT2D eigenvalue weighted by Crippen LogP contribution is 2.27. The van der Waals surface area contributed by atoms with Gasteiger partial charge in [0.05, 0.1) is 11.4 Å². The fourth-order valence-corrected chi connectivity index (χ4v) is 2.51. The molecule has 0 amide bonds. The van der Waals surface area contributed by atoms with Gasteiger partial charge in [0.25, 0.3) is 0 Å². The third-order valence-corrected chi connectivity index (χ3v) is 3.40. The third kappa shape index (κ3) is 1.96. The molecule has 0 bridgehead atoms. The Hall–Kier alpha value is -1.13. The Bertz CT molecular complexity index is 473. The van der Waals surface area contributed by atoms with E-state index in [2.05, 4.69) is 5.10 Å². The molecule has 80 valence electrons. The van der Waals surface area contributed by atoms with E-state index in [9.17, 15) is 5.11 Å². The van der Waals surface area contributed by atoms with E-state index in [0.717, 1.165) is 16.3 Å². The summed E-state index contributed by atoms with van der Waals surface area (Å²) in [6.07, 6.45) is -0.560. The molecule has 2 heterocycles. The Morgan fingerprint density at radius 2 is 2.13 bits per heavy atom. The largest absolute Gasteiger partial charge is 0.381 e. The van der Waals surface area contributed by atoms with Gasteiger partial charge < -0.3 is 5.11 Å². The number of thiophene rings is 1. The second kappa shape index (κ2) is 3.79. The Labute approximate surface area is 93.0 Å². The molecule has 0 radical (unpaired) electrons. The number of aryl methyl sites for hydroxylation is 3. The van der Waals surface area contributed by atoms with Crippen molar-refractivity contribution in [3.8, 4) is 0 Å². The molecule has 15 heavy (non-hydrogen) atoms. The summed E-state index contributed by atoms with van der Waals surface area (Å²) in [6, 6.07) is 5.90. The van der Waals surface area contributed by atoms with Crippen LogP contribution < -0.4 is 0 Å². The summed E-state index contributed by atoms with van der Waals surface area (Å²) >= 11 is 1.62. The second-order valence-electron chi connectivity index (χ2n) is 3.69. The van der Waals surface area contributed by atoms with E-state index in [1.54, 1.807) is 16.0 Å². The molecule has 0 aliphatic rings. The van der Waals surface area contributed by atoms with Crippen molar-refractivity contribution < 1.29 is 5.11 Å². The molecule has 1 N–H and O–H groups in total. The monoisotopic (exact) mass is 222 g/mol. The van der Waals surface area contributed by atoms with Gasteiger partial charge in [0.2, 0.25) is 0 Å². The molecule has 2 aromatic rings. The van der Waals surface area contributed by atoms with Gasteiger partial charge in [-0.1, -0.05) is 0 Å². The van der Waals surface area contributed by atoms with Gasteiger partial charge in [-0.15, -0.1) is 11.3 Å². The van der Waals surface area contributed by atoms with Crippen molar-refractivity contribution in [3.05, 3.63) is 39.3 Å². The van der Waals surface area contributed by atoms with Crippen LogP contribution in [0.2, 0.25) is 0 Å². The van der Waals surface area contributed by atoms with Crippen LogP contribution in [0.5, 0.6) is 0 Å². The highest BCUT2D eigenvalue weighted by atomic mass is 32.1. The molecular weight excluding hydrogens is 208 g/mol. The SMILES string of the molecule is Cc1cc(C(O)c2ccc(C)s2)n(C)n1. The van der Waals surface area contributed by atoms with Crippen molar-refractivity contribution in [2.45, 2.75) is 20.0 Å². The molecule has 1 unspecified atom stereocenters. The van der Waals surface area contributed by atoms with E-state index in [1.165, 1.54) is 4.88 Å². The van der Waals surface area contributed by atoms with Crippen molar-refractivity contribution >= 4 is 11.3 Å². The minimum absolute atomic E-state index is 0.560. The Kier molecular flexibility index (Phi) is 2.63. The van der Waals surface area contributed by atoms with E-state index in [4.69, 9.17) is 0 Å². The molecule has 0 aliphatic carbocycles. The topological polar surface area (TPSA) is 38.0 Å². The second-order valence-corrected chi connectivity index (χ2v) is 5.00. The number of aliphatic hydroxyl groups excluding tert-OH is 1. The maximum atomic E-state index is 10.1. The van der Waals surface area contributed by atoms with Crippen LogP contribution in [-0.2, 0) is 7.05 Å². The molecule has 0 fully saturated rings. The number of nitrogens with zero attached hydrogens (tertiary/aromatic N) is 2. The fourth-order valence-electron chi connectivity index (χ4n) is 1.63. The van der Waals surface area contributed by atoms with Crippen molar-refractivity contribution in [2.24, 2.45) is 7.05 Å². The van der Waals surface area contributed by atoms with Gasteiger partial charge in [-0.25, -0.2) is 0 Å². The van der Waals surface area contributed by atoms with Gasteiger partial charge in [0.1, 0.15) is 6.10 Å². The number of rotatable bonds is 2. The molecule has 2 aromatic heterocycles. The summed E-state index contributed by atoms with van der Waals surface area (Å²) in [5.74, 6) is 0. The molecule has 1 atom stereocenters. The number of aromatic nitrogens is 2. The molecule has 2 rings (SSSR count). The lowest BCUT2D eigenvalue weighted by Crippen LogP contribution is -2.04. The lowest BCUT2D eigenvalue weighted by atomic mass is 10.2. The summed E-state index contributed by atoms with van der Waals surface area (Å²) in [5.41, 5.74) is 1.77. The summed E-state index contributed by atoms with van der Waals surface area (Å²) in [6.45, 7) is 3.96. The quantitative estimate of drug-likeness (QED) is 0.845. The van der Waals surface area contributed by atoms with Crippen LogP contribution in [0.25, 0.3) is 0 Å². The lowest BCUT2D eigenvalue weighted by Gasteiger charge is -2.08. The van der Waals surface area contributed by atoms with Gasteiger partial charge in [-0.2, -0.15) is 5.10 Å².